The molecule has 14 heavy (non-hydrogen) atoms. The Labute approximate surface area is 84.5 Å². The number of aldehydes is 1. The molecule has 82 valence electrons. The summed E-state index contributed by atoms with van der Waals surface area (Å²) in [5.41, 5.74) is 0. The van der Waals surface area contributed by atoms with E-state index in [1.165, 1.54) is 0 Å². The fourth-order valence-electron chi connectivity index (χ4n) is 2.08. The quantitative estimate of drug-likeness (QED) is 0.628. The summed E-state index contributed by atoms with van der Waals surface area (Å²) in [5, 5.41) is 0. The molecule has 0 saturated heterocycles. The number of methoxy groups -OCH3 is 3. The van der Waals surface area contributed by atoms with Crippen LogP contribution >= 0.6 is 0 Å². The highest BCUT2D eigenvalue weighted by Crippen LogP contribution is 2.28. The van der Waals surface area contributed by atoms with Crippen LogP contribution in [-0.2, 0) is 19.0 Å². The predicted octanol–water partition coefficient (Wildman–Crippen LogP) is 0.640. The van der Waals surface area contributed by atoms with Crippen molar-refractivity contribution in [3.8, 4) is 0 Å². The van der Waals surface area contributed by atoms with Crippen LogP contribution in [0.1, 0.15) is 12.8 Å². The van der Waals surface area contributed by atoms with Crippen molar-refractivity contribution in [1.29, 1.82) is 0 Å². The highest BCUT2D eigenvalue weighted by Gasteiger charge is 2.38. The van der Waals surface area contributed by atoms with Crippen molar-refractivity contribution >= 4 is 6.29 Å². The molecule has 0 amide bonds. The average molecular weight is 202 g/mol. The molecule has 1 aliphatic carbocycles. The van der Waals surface area contributed by atoms with Gasteiger partial charge in [-0.1, -0.05) is 0 Å². The van der Waals surface area contributed by atoms with Crippen LogP contribution in [0.15, 0.2) is 0 Å². The van der Waals surface area contributed by atoms with Gasteiger partial charge in [0.2, 0.25) is 0 Å². The van der Waals surface area contributed by atoms with Gasteiger partial charge >= 0.3 is 0 Å². The molecule has 2 atom stereocenters. The molecule has 0 aromatic carbocycles. The maximum absolute atomic E-state index is 10.7. The Balaban J connectivity index is 2.68. The van der Waals surface area contributed by atoms with Gasteiger partial charge in [0, 0.05) is 27.2 Å². The van der Waals surface area contributed by atoms with Gasteiger partial charge in [-0.3, -0.25) is 0 Å². The first kappa shape index (κ1) is 11.6. The Morgan fingerprint density at radius 3 is 1.79 bits per heavy atom. The van der Waals surface area contributed by atoms with Gasteiger partial charge < -0.3 is 19.0 Å². The number of carbonyl (C=O) groups is 1. The van der Waals surface area contributed by atoms with E-state index in [0.717, 1.165) is 19.1 Å². The molecule has 0 bridgehead atoms. The van der Waals surface area contributed by atoms with E-state index >= 15 is 0 Å². The lowest BCUT2D eigenvalue weighted by Gasteiger charge is -2.37. The summed E-state index contributed by atoms with van der Waals surface area (Å²) in [6.45, 7) is 0. The SMILES string of the molecule is COC1[C@@H](OC)CC(C=O)C[C@@H]1OC. The lowest BCUT2D eigenvalue weighted by molar-refractivity contribution is -0.146. The van der Waals surface area contributed by atoms with Crippen molar-refractivity contribution in [2.45, 2.75) is 31.2 Å². The summed E-state index contributed by atoms with van der Waals surface area (Å²) in [5.74, 6) is 0.0244. The minimum atomic E-state index is -0.0683. The molecule has 4 heteroatoms. The Morgan fingerprint density at radius 2 is 1.50 bits per heavy atom. The highest BCUT2D eigenvalue weighted by atomic mass is 16.6. The second-order valence-electron chi connectivity index (χ2n) is 3.62. The number of ether oxygens (including phenoxy) is 3. The summed E-state index contributed by atoms with van der Waals surface area (Å²) in [7, 11) is 4.91. The zero-order valence-corrected chi connectivity index (χ0v) is 8.93. The van der Waals surface area contributed by atoms with Gasteiger partial charge in [0.15, 0.2) is 0 Å². The molecular formula is C10H18O4. The molecule has 0 heterocycles. The zero-order chi connectivity index (χ0) is 10.6. The van der Waals surface area contributed by atoms with Gasteiger partial charge in [0.25, 0.3) is 0 Å². The minimum Gasteiger partial charge on any atom is -0.379 e. The Bertz CT molecular complexity index is 169. The van der Waals surface area contributed by atoms with Crippen LogP contribution in [0.4, 0.5) is 0 Å². The molecule has 0 N–H and O–H groups in total. The molecular weight excluding hydrogens is 184 g/mol. The van der Waals surface area contributed by atoms with Gasteiger partial charge in [0.1, 0.15) is 12.4 Å². The van der Waals surface area contributed by atoms with Crippen molar-refractivity contribution in [2.24, 2.45) is 5.92 Å². The van der Waals surface area contributed by atoms with Crippen molar-refractivity contribution in [3.63, 3.8) is 0 Å². The fourth-order valence-corrected chi connectivity index (χ4v) is 2.08. The molecule has 1 rings (SSSR count). The normalized spacial score (nSPS) is 38.2. The predicted molar refractivity (Wildman–Crippen MR) is 51.2 cm³/mol. The summed E-state index contributed by atoms with van der Waals surface area (Å²) in [4.78, 5) is 10.7. The van der Waals surface area contributed by atoms with E-state index in [1.54, 1.807) is 21.3 Å². The van der Waals surface area contributed by atoms with E-state index in [0.29, 0.717) is 0 Å². The molecule has 1 saturated carbocycles. The highest BCUT2D eigenvalue weighted by molar-refractivity contribution is 5.54. The zero-order valence-electron chi connectivity index (χ0n) is 8.93. The molecule has 0 aromatic rings. The van der Waals surface area contributed by atoms with Crippen molar-refractivity contribution in [3.05, 3.63) is 0 Å². The first-order chi connectivity index (χ1) is 6.76. The van der Waals surface area contributed by atoms with Gasteiger partial charge in [-0.15, -0.1) is 0 Å². The van der Waals surface area contributed by atoms with E-state index < -0.39 is 0 Å². The Morgan fingerprint density at radius 1 is 1.00 bits per heavy atom. The van der Waals surface area contributed by atoms with Crippen LogP contribution in [0, 0.1) is 5.92 Å². The summed E-state index contributed by atoms with van der Waals surface area (Å²) in [6, 6.07) is 0. The molecule has 0 spiro atoms. The van der Waals surface area contributed by atoms with E-state index in [2.05, 4.69) is 0 Å². The molecule has 4 nitrogen and oxygen atoms in total. The number of carbonyl (C=O) groups excluding carboxylic acids is 1. The van der Waals surface area contributed by atoms with Gasteiger partial charge in [-0.05, 0) is 12.8 Å². The fraction of sp³-hybridized carbons (Fsp3) is 0.900. The van der Waals surface area contributed by atoms with Gasteiger partial charge in [-0.2, -0.15) is 0 Å². The molecule has 0 aliphatic heterocycles. The topological polar surface area (TPSA) is 44.8 Å². The van der Waals surface area contributed by atoms with Crippen LogP contribution in [0.25, 0.3) is 0 Å². The lowest BCUT2D eigenvalue weighted by atomic mass is 9.84. The monoisotopic (exact) mass is 202 g/mol. The summed E-state index contributed by atoms with van der Waals surface area (Å²) < 4.78 is 15.9. The van der Waals surface area contributed by atoms with Crippen molar-refractivity contribution in [2.75, 3.05) is 21.3 Å². The third-order valence-corrected chi connectivity index (χ3v) is 2.87. The third kappa shape index (κ3) is 2.32. The Hall–Kier alpha value is -0.450. The van der Waals surface area contributed by atoms with E-state index in [9.17, 15) is 4.79 Å². The molecule has 0 unspecified atom stereocenters. The smallest absolute Gasteiger partial charge is 0.123 e. The van der Waals surface area contributed by atoms with E-state index in [1.807, 2.05) is 0 Å². The third-order valence-electron chi connectivity index (χ3n) is 2.87. The van der Waals surface area contributed by atoms with Crippen LogP contribution in [-0.4, -0.2) is 45.9 Å². The maximum Gasteiger partial charge on any atom is 0.123 e. The van der Waals surface area contributed by atoms with Crippen molar-refractivity contribution < 1.29 is 19.0 Å². The van der Waals surface area contributed by atoms with Gasteiger partial charge in [0.05, 0.1) is 12.2 Å². The maximum atomic E-state index is 10.7. The second-order valence-corrected chi connectivity index (χ2v) is 3.62. The van der Waals surface area contributed by atoms with E-state index in [-0.39, 0.29) is 24.2 Å². The standard InChI is InChI=1S/C10H18O4/c1-12-8-4-7(6-11)5-9(13-2)10(8)14-3/h6-10H,4-5H2,1-3H3/t7?,8-,9-,10?/m0/s1. The number of rotatable bonds is 4. The van der Waals surface area contributed by atoms with Crippen LogP contribution < -0.4 is 0 Å². The largest absolute Gasteiger partial charge is 0.379 e. The summed E-state index contributed by atoms with van der Waals surface area (Å²) in [6.07, 6.45) is 2.25. The second kappa shape index (κ2) is 5.44. The summed E-state index contributed by atoms with van der Waals surface area (Å²) >= 11 is 0. The lowest BCUT2D eigenvalue weighted by Crippen LogP contribution is -2.47. The minimum absolute atomic E-state index is 0.0244. The number of hydrogen-bond acceptors (Lipinski definition) is 4. The van der Waals surface area contributed by atoms with Crippen LogP contribution in [0.5, 0.6) is 0 Å². The van der Waals surface area contributed by atoms with Crippen LogP contribution in [0.3, 0.4) is 0 Å². The first-order valence-electron chi connectivity index (χ1n) is 4.80. The van der Waals surface area contributed by atoms with E-state index in [4.69, 9.17) is 14.2 Å². The van der Waals surface area contributed by atoms with Crippen molar-refractivity contribution in [1.82, 2.24) is 0 Å². The number of hydrogen-bond donors (Lipinski definition) is 0. The Kier molecular flexibility index (Phi) is 4.51. The molecule has 1 fully saturated rings. The van der Waals surface area contributed by atoms with Gasteiger partial charge in [-0.25, -0.2) is 0 Å². The average Bonchev–Trinajstić information content (AvgIpc) is 2.26. The molecule has 0 aromatic heterocycles. The molecule has 1 aliphatic rings. The van der Waals surface area contributed by atoms with Crippen LogP contribution in [0.2, 0.25) is 0 Å². The molecule has 0 radical (unpaired) electrons. The first-order valence-corrected chi connectivity index (χ1v) is 4.80.